The minimum atomic E-state index is 0.956. The zero-order valence-corrected chi connectivity index (χ0v) is 15.6. The number of allylic oxidation sites excluding steroid dienone is 4. The highest BCUT2D eigenvalue weighted by atomic mass is 15.1. The van der Waals surface area contributed by atoms with Crippen molar-refractivity contribution in [3.8, 4) is 0 Å². The van der Waals surface area contributed by atoms with Gasteiger partial charge in [0.1, 0.15) is 0 Å². The highest BCUT2D eigenvalue weighted by Gasteiger charge is 2.10. The molecule has 0 heterocycles. The van der Waals surface area contributed by atoms with E-state index in [9.17, 15) is 0 Å². The van der Waals surface area contributed by atoms with Crippen LogP contribution in [-0.4, -0.2) is 0 Å². The van der Waals surface area contributed by atoms with Gasteiger partial charge in [0.2, 0.25) is 0 Å². The van der Waals surface area contributed by atoms with Crippen molar-refractivity contribution in [1.82, 2.24) is 0 Å². The van der Waals surface area contributed by atoms with Crippen molar-refractivity contribution in [3.63, 3.8) is 0 Å². The lowest BCUT2D eigenvalue weighted by Crippen LogP contribution is -2.14. The normalized spacial score (nSPS) is 9.88. The zero-order valence-electron chi connectivity index (χ0n) is 15.6. The molecule has 1 heteroatoms. The average molecular weight is 319 g/mol. The molecule has 2 aromatic carbocycles. The molecule has 24 heavy (non-hydrogen) atoms. The summed E-state index contributed by atoms with van der Waals surface area (Å²) in [7, 11) is 0. The Morgan fingerprint density at radius 2 is 1.38 bits per heavy atom. The lowest BCUT2D eigenvalue weighted by Gasteiger charge is -2.25. The summed E-state index contributed by atoms with van der Waals surface area (Å²) < 4.78 is 0. The van der Waals surface area contributed by atoms with Gasteiger partial charge in [0.25, 0.3) is 0 Å². The lowest BCUT2D eigenvalue weighted by atomic mass is 10.1. The van der Waals surface area contributed by atoms with Gasteiger partial charge >= 0.3 is 0 Å². The van der Waals surface area contributed by atoms with Crippen LogP contribution in [0.2, 0.25) is 0 Å². The fourth-order valence-corrected chi connectivity index (χ4v) is 2.02. The van der Waals surface area contributed by atoms with Crippen LogP contribution < -0.4 is 4.90 Å². The summed E-state index contributed by atoms with van der Waals surface area (Å²) in [6, 6.07) is 18.8. The Kier molecular flexibility index (Phi) is 8.35. The SMILES string of the molecule is C=C(/C=C\C)N(c1ccccc1)c1ccc(C)cc1.CC=C(C)C. The van der Waals surface area contributed by atoms with E-state index in [-0.39, 0.29) is 0 Å². The molecule has 0 unspecified atom stereocenters. The number of rotatable bonds is 4. The second kappa shape index (κ2) is 10.3. The molecule has 0 aliphatic heterocycles. The van der Waals surface area contributed by atoms with E-state index in [1.807, 2.05) is 44.2 Å². The van der Waals surface area contributed by atoms with E-state index >= 15 is 0 Å². The van der Waals surface area contributed by atoms with Crippen molar-refractivity contribution in [3.05, 3.63) is 96.2 Å². The Balaban J connectivity index is 0.000000505. The molecule has 0 saturated carbocycles. The Bertz CT molecular complexity index is 672. The third-order valence-electron chi connectivity index (χ3n) is 3.53. The van der Waals surface area contributed by atoms with Gasteiger partial charge in [0.05, 0.1) is 0 Å². The number of para-hydroxylation sites is 1. The van der Waals surface area contributed by atoms with Crippen LogP contribution >= 0.6 is 0 Å². The van der Waals surface area contributed by atoms with Gasteiger partial charge in [-0.1, -0.05) is 60.2 Å². The molecule has 0 N–H and O–H groups in total. The summed E-state index contributed by atoms with van der Waals surface area (Å²) in [4.78, 5) is 2.15. The summed E-state index contributed by atoms with van der Waals surface area (Å²) >= 11 is 0. The molecule has 0 aliphatic rings. The maximum Gasteiger partial charge on any atom is 0.0461 e. The molecule has 2 aromatic rings. The minimum absolute atomic E-state index is 0.956. The summed E-state index contributed by atoms with van der Waals surface area (Å²) in [6.07, 6.45) is 6.11. The number of aryl methyl sites for hydroxylation is 1. The van der Waals surface area contributed by atoms with Crippen molar-refractivity contribution in [2.75, 3.05) is 4.90 Å². The van der Waals surface area contributed by atoms with Crippen molar-refractivity contribution in [2.24, 2.45) is 0 Å². The van der Waals surface area contributed by atoms with Gasteiger partial charge in [-0.2, -0.15) is 0 Å². The zero-order chi connectivity index (χ0) is 17.9. The standard InChI is InChI=1S/C18H19N.C5H10/c1-4-8-16(3)19(17-9-6-5-7-10-17)18-13-11-15(2)12-14-18;1-4-5(2)3/h4-14H,3H2,1-2H3;4H,1-3H3/b8-4-;. The second-order valence-electron chi connectivity index (χ2n) is 5.86. The predicted molar refractivity (Wildman–Crippen MR) is 109 cm³/mol. The summed E-state index contributed by atoms with van der Waals surface area (Å²) in [5.74, 6) is 0. The molecule has 0 bridgehead atoms. The van der Waals surface area contributed by atoms with Gasteiger partial charge in [0.15, 0.2) is 0 Å². The molecule has 0 aromatic heterocycles. The molecule has 0 spiro atoms. The smallest absolute Gasteiger partial charge is 0.0461 e. The molecule has 0 atom stereocenters. The summed E-state index contributed by atoms with van der Waals surface area (Å²) in [5, 5.41) is 0. The molecule has 0 fully saturated rings. The monoisotopic (exact) mass is 319 g/mol. The maximum absolute atomic E-state index is 4.16. The van der Waals surface area contributed by atoms with E-state index in [2.05, 4.69) is 74.7 Å². The van der Waals surface area contributed by atoms with Crippen molar-refractivity contribution >= 4 is 11.4 Å². The van der Waals surface area contributed by atoms with Crippen molar-refractivity contribution in [2.45, 2.75) is 34.6 Å². The summed E-state index contributed by atoms with van der Waals surface area (Å²) in [5.41, 5.74) is 5.84. The van der Waals surface area contributed by atoms with E-state index in [4.69, 9.17) is 0 Å². The first-order chi connectivity index (χ1) is 11.5. The Morgan fingerprint density at radius 3 is 1.83 bits per heavy atom. The first kappa shape index (κ1) is 19.5. The third-order valence-corrected chi connectivity index (χ3v) is 3.53. The molecular formula is C23H29N. The number of hydrogen-bond acceptors (Lipinski definition) is 1. The van der Waals surface area contributed by atoms with E-state index in [1.54, 1.807) is 0 Å². The first-order valence-corrected chi connectivity index (χ1v) is 8.32. The summed E-state index contributed by atoms with van der Waals surface area (Å²) in [6.45, 7) is 14.5. The topological polar surface area (TPSA) is 3.24 Å². The van der Waals surface area contributed by atoms with Crippen LogP contribution in [0.25, 0.3) is 0 Å². The number of anilines is 2. The molecule has 0 saturated heterocycles. The van der Waals surface area contributed by atoms with Crippen molar-refractivity contribution in [1.29, 1.82) is 0 Å². The van der Waals surface area contributed by atoms with Crippen molar-refractivity contribution < 1.29 is 0 Å². The van der Waals surface area contributed by atoms with Crippen LogP contribution in [0.4, 0.5) is 11.4 Å². The highest BCUT2D eigenvalue weighted by Crippen LogP contribution is 2.29. The Morgan fingerprint density at radius 1 is 0.875 bits per heavy atom. The Labute approximate surface area is 147 Å². The molecule has 0 aliphatic carbocycles. The first-order valence-electron chi connectivity index (χ1n) is 8.32. The van der Waals surface area contributed by atoms with Gasteiger partial charge in [-0.15, -0.1) is 0 Å². The lowest BCUT2D eigenvalue weighted by molar-refractivity contribution is 1.21. The molecular weight excluding hydrogens is 290 g/mol. The average Bonchev–Trinajstić information content (AvgIpc) is 2.58. The molecule has 126 valence electrons. The van der Waals surface area contributed by atoms with Gasteiger partial charge in [-0.25, -0.2) is 0 Å². The van der Waals surface area contributed by atoms with E-state index < -0.39 is 0 Å². The van der Waals surface area contributed by atoms with Crippen LogP contribution in [0.1, 0.15) is 33.3 Å². The number of hydrogen-bond donors (Lipinski definition) is 0. The fourth-order valence-electron chi connectivity index (χ4n) is 2.02. The molecule has 1 nitrogen and oxygen atoms in total. The van der Waals surface area contributed by atoms with Crippen LogP contribution in [0.5, 0.6) is 0 Å². The minimum Gasteiger partial charge on any atom is -0.311 e. The molecule has 0 radical (unpaired) electrons. The van der Waals surface area contributed by atoms with Gasteiger partial charge in [-0.3, -0.25) is 0 Å². The Hall–Kier alpha value is -2.54. The molecule has 2 rings (SSSR count). The molecule has 0 amide bonds. The quantitative estimate of drug-likeness (QED) is 0.425. The number of benzene rings is 2. The van der Waals surface area contributed by atoms with E-state index in [1.165, 1.54) is 11.1 Å². The van der Waals surface area contributed by atoms with Crippen LogP contribution in [0.15, 0.2) is 90.7 Å². The van der Waals surface area contributed by atoms with Crippen LogP contribution in [-0.2, 0) is 0 Å². The van der Waals surface area contributed by atoms with E-state index in [0.717, 1.165) is 17.1 Å². The highest BCUT2D eigenvalue weighted by molar-refractivity contribution is 5.69. The second-order valence-corrected chi connectivity index (χ2v) is 5.86. The largest absolute Gasteiger partial charge is 0.311 e. The van der Waals surface area contributed by atoms with Gasteiger partial charge in [0, 0.05) is 17.1 Å². The number of nitrogens with zero attached hydrogens (tertiary/aromatic N) is 1. The third kappa shape index (κ3) is 6.29. The van der Waals surface area contributed by atoms with Crippen LogP contribution in [0, 0.1) is 6.92 Å². The van der Waals surface area contributed by atoms with Crippen LogP contribution in [0.3, 0.4) is 0 Å². The fraction of sp³-hybridized carbons (Fsp3) is 0.217. The van der Waals surface area contributed by atoms with Gasteiger partial charge in [-0.05, 0) is 65.0 Å². The maximum atomic E-state index is 4.16. The van der Waals surface area contributed by atoms with Gasteiger partial charge < -0.3 is 4.90 Å². The predicted octanol–water partition coefficient (Wildman–Crippen LogP) is 7.20. The van der Waals surface area contributed by atoms with E-state index in [0.29, 0.717) is 0 Å².